The highest BCUT2D eigenvalue weighted by molar-refractivity contribution is 7.86. The highest BCUT2D eigenvalue weighted by atomic mass is 32.2. The van der Waals surface area contributed by atoms with Crippen LogP contribution in [0.3, 0.4) is 0 Å². The van der Waals surface area contributed by atoms with Crippen molar-refractivity contribution in [1.82, 2.24) is 14.8 Å². The van der Waals surface area contributed by atoms with E-state index >= 15 is 0 Å². The molecule has 6 rings (SSSR count). The number of nitrogens with zero attached hydrogens (tertiary/aromatic N) is 2. The number of ketones is 1. The van der Waals surface area contributed by atoms with Gasteiger partial charge in [0.05, 0.1) is 72.1 Å². The standard InChI is InChI=1S/C56H89N3O19S/c1-15-41-56(10,67)48(63)32(4)44(60)30(2)26-54(8,70-13)49(77-53-46(62)40(58(11)12)23-31(3)73-53)33(5)47(34(6)52(66)75-41)76-42-27-55(9,71-14)50(35(7)74-42)78-79(68,69)22-19-57-18-16-17-36-24-37-29-72-21-20-59-28-39(51(64)65)45(61)38(25-36)43(37)59/h24-25,28,30-35,40-42,46-50,53,57,62-63,67H,15-23,26-27,29H2,1-14H3,(H,64,65)/t30-,31+,32+,33+,34-,35+,40+,41-,42+,46-,47+,48-,49+,50+,53-,54-,55-,56-/m1/s1. The Bertz CT molecular complexity index is 2610. The van der Waals surface area contributed by atoms with Crippen LogP contribution in [-0.4, -0.2) is 194 Å². The predicted molar refractivity (Wildman–Crippen MR) is 290 cm³/mol. The average molecular weight is 1140 g/mol. The Kier molecular flexibility index (Phi) is 21.6. The molecule has 0 unspecified atom stereocenters. The van der Waals surface area contributed by atoms with E-state index in [1.807, 2.05) is 32.0 Å². The fourth-order valence-electron chi connectivity index (χ4n) is 12.3. The van der Waals surface area contributed by atoms with Gasteiger partial charge in [0.25, 0.3) is 10.1 Å². The monoisotopic (exact) mass is 1140 g/mol. The Labute approximate surface area is 465 Å². The van der Waals surface area contributed by atoms with Crippen LogP contribution < -0.4 is 10.7 Å². The van der Waals surface area contributed by atoms with E-state index in [-0.39, 0.29) is 55.9 Å². The Morgan fingerprint density at radius 2 is 1.59 bits per heavy atom. The first-order valence-corrected chi connectivity index (χ1v) is 29.3. The second-order valence-corrected chi connectivity index (χ2v) is 25.1. The maximum atomic E-state index is 14.6. The van der Waals surface area contributed by atoms with Crippen molar-refractivity contribution in [3.05, 3.63) is 45.2 Å². The number of cyclic esters (lactones) is 1. The van der Waals surface area contributed by atoms with Crippen LogP contribution in [0.1, 0.15) is 123 Å². The number of rotatable bonds is 18. The van der Waals surface area contributed by atoms with Crippen LogP contribution in [0.2, 0.25) is 0 Å². The molecule has 448 valence electrons. The zero-order chi connectivity index (χ0) is 58.7. The molecule has 0 aliphatic carbocycles. The number of carboxylic acid groups (broad SMARTS) is 1. The molecule has 0 radical (unpaired) electrons. The molecule has 22 nitrogen and oxygen atoms in total. The minimum atomic E-state index is -4.22. The van der Waals surface area contributed by atoms with Gasteiger partial charge in [-0.15, -0.1) is 0 Å². The van der Waals surface area contributed by atoms with Crippen LogP contribution in [-0.2, 0) is 81.4 Å². The zero-order valence-electron chi connectivity index (χ0n) is 48.6. The minimum absolute atomic E-state index is 0.0290. The summed E-state index contributed by atoms with van der Waals surface area (Å²) in [5.41, 5.74) is -3.39. The number of pyridine rings is 1. The lowest BCUT2D eigenvalue weighted by molar-refractivity contribution is -0.317. The van der Waals surface area contributed by atoms with Crippen molar-refractivity contribution < 1.29 is 85.3 Å². The number of methoxy groups -OCH3 is 2. The summed E-state index contributed by atoms with van der Waals surface area (Å²) in [6.45, 7) is 18.1. The van der Waals surface area contributed by atoms with Crippen molar-refractivity contribution in [3.8, 4) is 0 Å². The van der Waals surface area contributed by atoms with E-state index in [0.717, 1.165) is 11.1 Å². The van der Waals surface area contributed by atoms with Gasteiger partial charge in [0, 0.05) is 74.7 Å². The number of carboxylic acids is 1. The number of carbonyl (C=O) groups is 3. The number of aromatic nitrogens is 1. The number of esters is 1. The highest BCUT2D eigenvalue weighted by Crippen LogP contribution is 2.43. The third-order valence-corrected chi connectivity index (χ3v) is 18.3. The lowest BCUT2D eigenvalue weighted by atomic mass is 9.74. The average Bonchev–Trinajstić information content (AvgIpc) is 3.62. The number of hydrogen-bond donors (Lipinski definition) is 5. The van der Waals surface area contributed by atoms with Gasteiger partial charge in [0.15, 0.2) is 12.6 Å². The second kappa shape index (κ2) is 26.4. The first-order chi connectivity index (χ1) is 36.9. The molecule has 2 aromatic rings. The first-order valence-electron chi connectivity index (χ1n) is 27.8. The van der Waals surface area contributed by atoms with Crippen LogP contribution in [0.25, 0.3) is 10.9 Å². The summed E-state index contributed by atoms with van der Waals surface area (Å²) in [6.07, 6.45) is -8.15. The third-order valence-electron chi connectivity index (χ3n) is 17.1. The van der Waals surface area contributed by atoms with Crippen molar-refractivity contribution in [3.63, 3.8) is 0 Å². The van der Waals surface area contributed by atoms with Gasteiger partial charge in [0.2, 0.25) is 5.43 Å². The van der Waals surface area contributed by atoms with E-state index in [4.69, 9.17) is 42.1 Å². The summed E-state index contributed by atoms with van der Waals surface area (Å²) in [5, 5.41) is 48.5. The molecule has 4 aliphatic heterocycles. The molecule has 0 saturated carbocycles. The number of aromatic carboxylic acids is 1. The largest absolute Gasteiger partial charge is 0.477 e. The number of likely N-dealkylation sites (N-methyl/N-ethyl adjacent to an activating group) is 1. The molecule has 5 N–H and O–H groups in total. The summed E-state index contributed by atoms with van der Waals surface area (Å²) >= 11 is 0. The van der Waals surface area contributed by atoms with Crippen LogP contribution in [0.4, 0.5) is 0 Å². The van der Waals surface area contributed by atoms with Gasteiger partial charge < -0.3 is 73.1 Å². The quantitative estimate of drug-likeness (QED) is 0.0810. The van der Waals surface area contributed by atoms with E-state index < -0.39 is 129 Å². The molecule has 79 heavy (non-hydrogen) atoms. The van der Waals surface area contributed by atoms with Crippen molar-refractivity contribution in [2.24, 2.45) is 23.7 Å². The van der Waals surface area contributed by atoms with Gasteiger partial charge in [-0.3, -0.25) is 18.6 Å². The van der Waals surface area contributed by atoms with Crippen molar-refractivity contribution in [2.45, 2.75) is 205 Å². The molecule has 0 amide bonds. The zero-order valence-corrected chi connectivity index (χ0v) is 49.4. The van der Waals surface area contributed by atoms with Gasteiger partial charge in [-0.1, -0.05) is 33.8 Å². The number of Topliss-reactive ketones (excluding diaryl/α,β-unsaturated/α-hetero) is 1. The number of carbonyl (C=O) groups excluding carboxylic acids is 2. The van der Waals surface area contributed by atoms with Crippen molar-refractivity contribution >= 4 is 38.7 Å². The Balaban J connectivity index is 1.21. The number of aryl methyl sites for hydroxylation is 1. The van der Waals surface area contributed by atoms with Gasteiger partial charge in [-0.25, -0.2) is 4.79 Å². The molecule has 3 saturated heterocycles. The molecule has 5 heterocycles. The molecular formula is C56H89N3O19S. The van der Waals surface area contributed by atoms with Crippen LogP contribution in [0.15, 0.2) is 23.1 Å². The predicted octanol–water partition coefficient (Wildman–Crippen LogP) is 3.56. The van der Waals surface area contributed by atoms with Crippen molar-refractivity contribution in [2.75, 3.05) is 53.8 Å². The van der Waals surface area contributed by atoms with E-state index in [9.17, 15) is 48.0 Å². The van der Waals surface area contributed by atoms with Crippen molar-refractivity contribution in [1.29, 1.82) is 0 Å². The van der Waals surface area contributed by atoms with Crippen LogP contribution >= 0.6 is 0 Å². The van der Waals surface area contributed by atoms with E-state index in [1.165, 1.54) is 34.3 Å². The van der Waals surface area contributed by atoms with E-state index in [2.05, 4.69) is 5.32 Å². The number of benzene rings is 1. The maximum absolute atomic E-state index is 14.6. The number of nitrogens with one attached hydrogen (secondary N) is 1. The van der Waals surface area contributed by atoms with Crippen LogP contribution in [0.5, 0.6) is 0 Å². The first kappa shape index (κ1) is 64.6. The molecule has 23 heteroatoms. The van der Waals surface area contributed by atoms with Gasteiger partial charge in [-0.2, -0.15) is 8.42 Å². The molecule has 4 aliphatic rings. The Morgan fingerprint density at radius 3 is 2.23 bits per heavy atom. The molecule has 1 aromatic heterocycles. The Morgan fingerprint density at radius 1 is 0.924 bits per heavy atom. The number of ether oxygens (including phenoxy) is 8. The topological polar surface area (TPSA) is 287 Å². The fourth-order valence-corrected chi connectivity index (χ4v) is 13.5. The molecule has 0 bridgehead atoms. The summed E-state index contributed by atoms with van der Waals surface area (Å²) in [5.74, 6) is -6.75. The number of aliphatic hydroxyl groups is 3. The summed E-state index contributed by atoms with van der Waals surface area (Å²) in [4.78, 5) is 55.8. The SMILES string of the molecule is CC[C@H]1OC(=O)[C@H](C)[C@@H](O[C@H]2C[C@@](C)(OC)[C@@H](OS(=O)(=O)CCNCCCc3cc4c5c(c3)c(=O)c(C(=O)O)cn5CCOC4)[C@H](C)O2)[C@H](C)[C@H](O[C@H]2O[C@@H](C)C[C@H](N(C)C)[C@H]2O)[C@](C)(OC)C[C@@H](C)C(=O)[C@H](C)[C@@H](O)[C@]1(C)O. The van der Waals surface area contributed by atoms with Crippen LogP contribution in [0, 0.1) is 23.7 Å². The smallest absolute Gasteiger partial charge is 0.341 e. The minimum Gasteiger partial charge on any atom is -0.477 e. The van der Waals surface area contributed by atoms with E-state index in [0.29, 0.717) is 49.9 Å². The summed E-state index contributed by atoms with van der Waals surface area (Å²) < 4.78 is 85.9. The van der Waals surface area contributed by atoms with Gasteiger partial charge in [-0.05, 0) is 106 Å². The van der Waals surface area contributed by atoms with Gasteiger partial charge >= 0.3 is 11.9 Å². The number of hydrogen-bond acceptors (Lipinski definition) is 20. The maximum Gasteiger partial charge on any atom is 0.341 e. The molecule has 18 atom stereocenters. The Hall–Kier alpha value is -3.53. The van der Waals surface area contributed by atoms with E-state index in [1.54, 1.807) is 59.1 Å². The molecule has 0 spiro atoms. The summed E-state index contributed by atoms with van der Waals surface area (Å²) in [7, 11) is 2.37. The van der Waals surface area contributed by atoms with Gasteiger partial charge in [0.1, 0.15) is 35.3 Å². The second-order valence-electron chi connectivity index (χ2n) is 23.4. The molecular weight excluding hydrogens is 1050 g/mol. The fraction of sp³-hybridized carbons (Fsp3) is 0.786. The highest BCUT2D eigenvalue weighted by Gasteiger charge is 2.55. The normalized spacial score (nSPS) is 37.4. The summed E-state index contributed by atoms with van der Waals surface area (Å²) in [6, 6.07) is 3.31. The molecule has 3 fully saturated rings. The lowest BCUT2D eigenvalue weighted by Gasteiger charge is -2.50. The molecule has 1 aromatic carbocycles. The lowest BCUT2D eigenvalue weighted by Crippen LogP contribution is -2.62. The number of aliphatic hydroxyl groups excluding tert-OH is 2. The third kappa shape index (κ3) is 14.5.